The highest BCUT2D eigenvalue weighted by Crippen LogP contribution is 2.28. The Morgan fingerprint density at radius 2 is 1.80 bits per heavy atom. The van der Waals surface area contributed by atoms with E-state index in [1.165, 1.54) is 5.56 Å². The summed E-state index contributed by atoms with van der Waals surface area (Å²) in [5.74, 6) is -0.264. The Kier molecular flexibility index (Phi) is 4.33. The molecule has 2 rings (SSSR count). The van der Waals surface area contributed by atoms with Gasteiger partial charge in [-0.3, -0.25) is 0 Å². The number of nitrogens with zero attached hydrogens (tertiary/aromatic N) is 1. The van der Waals surface area contributed by atoms with Crippen LogP contribution < -0.4 is 5.32 Å². The maximum Gasteiger partial charge on any atom is 0.329 e. The lowest BCUT2D eigenvalue weighted by molar-refractivity contribution is -0.143. The monoisotopic (exact) mass is 276 g/mol. The van der Waals surface area contributed by atoms with Crippen LogP contribution in [0.25, 0.3) is 0 Å². The molecule has 0 unspecified atom stereocenters. The lowest BCUT2D eigenvalue weighted by Crippen LogP contribution is -2.53. The molecule has 0 aromatic heterocycles. The van der Waals surface area contributed by atoms with E-state index in [1.807, 2.05) is 19.2 Å². The Morgan fingerprint density at radius 3 is 2.25 bits per heavy atom. The van der Waals surface area contributed by atoms with E-state index >= 15 is 0 Å². The van der Waals surface area contributed by atoms with Gasteiger partial charge in [0.1, 0.15) is 5.54 Å². The fourth-order valence-electron chi connectivity index (χ4n) is 2.62. The second kappa shape index (κ2) is 5.83. The molecule has 4 heteroatoms. The molecule has 110 valence electrons. The van der Waals surface area contributed by atoms with E-state index in [1.54, 1.807) is 0 Å². The fourth-order valence-corrected chi connectivity index (χ4v) is 2.62. The fraction of sp³-hybridized carbons (Fsp3) is 0.562. The van der Waals surface area contributed by atoms with Crippen molar-refractivity contribution >= 4 is 11.7 Å². The van der Waals surface area contributed by atoms with Gasteiger partial charge in [-0.2, -0.15) is 0 Å². The van der Waals surface area contributed by atoms with E-state index in [0.717, 1.165) is 18.8 Å². The van der Waals surface area contributed by atoms with Gasteiger partial charge in [0, 0.05) is 18.8 Å². The maximum absolute atomic E-state index is 11.7. The average Bonchev–Trinajstić information content (AvgIpc) is 2.42. The molecule has 1 heterocycles. The van der Waals surface area contributed by atoms with Gasteiger partial charge in [-0.25, -0.2) is 4.79 Å². The van der Waals surface area contributed by atoms with Crippen LogP contribution in [-0.2, 0) is 4.79 Å². The Hall–Kier alpha value is -1.55. The summed E-state index contributed by atoms with van der Waals surface area (Å²) >= 11 is 0. The third kappa shape index (κ3) is 3.12. The zero-order valence-corrected chi connectivity index (χ0v) is 12.5. The molecular formula is C16H24N2O2. The summed E-state index contributed by atoms with van der Waals surface area (Å²) < 4.78 is 0. The molecular weight excluding hydrogens is 252 g/mol. The van der Waals surface area contributed by atoms with Crippen LogP contribution in [0.1, 0.15) is 38.2 Å². The van der Waals surface area contributed by atoms with Crippen LogP contribution >= 0.6 is 0 Å². The number of hydrogen-bond donors (Lipinski definition) is 2. The first-order valence-corrected chi connectivity index (χ1v) is 7.23. The predicted molar refractivity (Wildman–Crippen MR) is 81.3 cm³/mol. The topological polar surface area (TPSA) is 52.6 Å². The Labute approximate surface area is 120 Å². The molecule has 0 saturated carbocycles. The van der Waals surface area contributed by atoms with Crippen LogP contribution in [-0.4, -0.2) is 41.7 Å². The number of nitrogens with one attached hydrogen (secondary N) is 1. The molecule has 1 aliphatic rings. The predicted octanol–water partition coefficient (Wildman–Crippen LogP) is 2.77. The van der Waals surface area contributed by atoms with Gasteiger partial charge in [0.15, 0.2) is 0 Å². The van der Waals surface area contributed by atoms with E-state index in [-0.39, 0.29) is 0 Å². The first-order chi connectivity index (χ1) is 9.43. The first-order valence-electron chi connectivity index (χ1n) is 7.23. The normalized spacial score (nSPS) is 19.0. The van der Waals surface area contributed by atoms with Crippen molar-refractivity contribution in [3.05, 3.63) is 29.8 Å². The molecule has 1 aliphatic heterocycles. The zero-order chi connectivity index (χ0) is 14.8. The van der Waals surface area contributed by atoms with Crippen LogP contribution in [0.15, 0.2) is 24.3 Å². The third-order valence-corrected chi connectivity index (χ3v) is 4.21. The van der Waals surface area contributed by atoms with Crippen molar-refractivity contribution < 1.29 is 9.90 Å². The summed E-state index contributed by atoms with van der Waals surface area (Å²) in [4.78, 5) is 13.9. The molecule has 0 radical (unpaired) electrons. The Morgan fingerprint density at radius 1 is 1.25 bits per heavy atom. The quantitative estimate of drug-likeness (QED) is 0.888. The second-order valence-corrected chi connectivity index (χ2v) is 6.09. The number of likely N-dealkylation sites (tertiary alicyclic amines) is 1. The summed E-state index contributed by atoms with van der Waals surface area (Å²) in [5.41, 5.74) is 1.33. The first kappa shape index (κ1) is 14.9. The number of carboxylic acid groups (broad SMARTS) is 1. The molecule has 0 bridgehead atoms. The van der Waals surface area contributed by atoms with E-state index in [0.29, 0.717) is 18.8 Å². The highest BCUT2D eigenvalue weighted by molar-refractivity contribution is 5.83. The number of anilines is 1. The Bertz CT molecular complexity index is 460. The average molecular weight is 276 g/mol. The molecule has 1 saturated heterocycles. The van der Waals surface area contributed by atoms with Crippen LogP contribution in [0.4, 0.5) is 5.69 Å². The lowest BCUT2D eigenvalue weighted by Gasteiger charge is -2.38. The van der Waals surface area contributed by atoms with Gasteiger partial charge in [-0.1, -0.05) is 26.0 Å². The number of rotatable bonds is 4. The van der Waals surface area contributed by atoms with Crippen LogP contribution in [0.3, 0.4) is 0 Å². The van der Waals surface area contributed by atoms with Crippen molar-refractivity contribution in [1.29, 1.82) is 0 Å². The zero-order valence-electron chi connectivity index (χ0n) is 12.5. The van der Waals surface area contributed by atoms with Gasteiger partial charge >= 0.3 is 5.97 Å². The number of aliphatic carboxylic acids is 1. The van der Waals surface area contributed by atoms with Crippen LogP contribution in [0, 0.1) is 0 Å². The summed E-state index contributed by atoms with van der Waals surface area (Å²) in [6, 6.07) is 8.10. The van der Waals surface area contributed by atoms with Crippen molar-refractivity contribution in [2.75, 3.05) is 25.5 Å². The summed E-state index contributed by atoms with van der Waals surface area (Å²) in [5, 5.41) is 12.9. The summed E-state index contributed by atoms with van der Waals surface area (Å²) in [7, 11) is 2.03. The highest BCUT2D eigenvalue weighted by atomic mass is 16.4. The smallest absolute Gasteiger partial charge is 0.329 e. The minimum absolute atomic E-state index is 0.487. The largest absolute Gasteiger partial charge is 0.480 e. The number of benzene rings is 1. The maximum atomic E-state index is 11.7. The standard InChI is InChI=1S/C16H24N2O2/c1-12(2)13-4-6-14(7-5-13)17-16(15(19)20)8-10-18(3)11-9-16/h4-7,12,17H,8-11H2,1-3H3,(H,19,20). The van der Waals surface area contributed by atoms with Gasteiger partial charge in [-0.05, 0) is 43.5 Å². The van der Waals surface area contributed by atoms with Gasteiger partial charge in [0.05, 0.1) is 0 Å². The third-order valence-electron chi connectivity index (χ3n) is 4.21. The number of carboxylic acids is 1. The molecule has 2 N–H and O–H groups in total. The molecule has 1 aromatic rings. The Balaban J connectivity index is 2.14. The molecule has 0 amide bonds. The summed E-state index contributed by atoms with van der Waals surface area (Å²) in [6.07, 6.45) is 1.26. The van der Waals surface area contributed by atoms with E-state index in [4.69, 9.17) is 0 Å². The SMILES string of the molecule is CC(C)c1ccc(NC2(C(=O)O)CCN(C)CC2)cc1. The summed E-state index contributed by atoms with van der Waals surface area (Å²) in [6.45, 7) is 5.92. The minimum atomic E-state index is -0.828. The number of hydrogen-bond acceptors (Lipinski definition) is 3. The van der Waals surface area contributed by atoms with Crippen molar-refractivity contribution in [3.8, 4) is 0 Å². The minimum Gasteiger partial charge on any atom is -0.480 e. The lowest BCUT2D eigenvalue weighted by atomic mass is 9.87. The van der Waals surface area contributed by atoms with E-state index in [9.17, 15) is 9.90 Å². The molecule has 0 spiro atoms. The van der Waals surface area contributed by atoms with Gasteiger partial charge in [0.2, 0.25) is 0 Å². The number of carbonyl (C=O) groups is 1. The van der Waals surface area contributed by atoms with Gasteiger partial charge < -0.3 is 15.3 Å². The molecule has 4 nitrogen and oxygen atoms in total. The van der Waals surface area contributed by atoms with Crippen LogP contribution in [0.5, 0.6) is 0 Å². The second-order valence-electron chi connectivity index (χ2n) is 6.09. The highest BCUT2D eigenvalue weighted by Gasteiger charge is 2.40. The van der Waals surface area contributed by atoms with Crippen molar-refractivity contribution in [2.24, 2.45) is 0 Å². The van der Waals surface area contributed by atoms with Gasteiger partial charge in [0.25, 0.3) is 0 Å². The van der Waals surface area contributed by atoms with E-state index < -0.39 is 11.5 Å². The molecule has 0 aliphatic carbocycles. The van der Waals surface area contributed by atoms with Gasteiger partial charge in [-0.15, -0.1) is 0 Å². The van der Waals surface area contributed by atoms with Crippen molar-refractivity contribution in [1.82, 2.24) is 4.90 Å². The number of piperidine rings is 1. The molecule has 20 heavy (non-hydrogen) atoms. The van der Waals surface area contributed by atoms with Crippen molar-refractivity contribution in [2.45, 2.75) is 38.1 Å². The molecule has 1 aromatic carbocycles. The molecule has 0 atom stereocenters. The van der Waals surface area contributed by atoms with Crippen molar-refractivity contribution in [3.63, 3.8) is 0 Å². The molecule has 1 fully saturated rings. The van der Waals surface area contributed by atoms with E-state index in [2.05, 4.69) is 36.2 Å². The van der Waals surface area contributed by atoms with Crippen LogP contribution in [0.2, 0.25) is 0 Å².